The highest BCUT2D eigenvalue weighted by atomic mass is 79.9. The minimum absolute atomic E-state index is 0.0405. The molecule has 3 nitrogen and oxygen atoms in total. The zero-order valence-corrected chi connectivity index (χ0v) is 14.5. The molecule has 2 rings (SSSR count). The van der Waals surface area contributed by atoms with Gasteiger partial charge in [-0.3, -0.25) is 4.79 Å². The second kappa shape index (κ2) is 9.54. The average Bonchev–Trinajstić information content (AvgIpc) is 2.54. The molecule has 0 aliphatic heterocycles. The van der Waals surface area contributed by atoms with E-state index < -0.39 is 0 Å². The van der Waals surface area contributed by atoms with Crippen molar-refractivity contribution in [3.63, 3.8) is 0 Å². The largest absolute Gasteiger partial charge is 0.492 e. The van der Waals surface area contributed by atoms with Gasteiger partial charge in [0.05, 0.1) is 12.3 Å². The van der Waals surface area contributed by atoms with Crippen molar-refractivity contribution in [2.75, 3.05) is 18.9 Å². The molecule has 0 saturated heterocycles. The van der Waals surface area contributed by atoms with Crippen LogP contribution in [-0.2, 0) is 10.5 Å². The van der Waals surface area contributed by atoms with E-state index in [-0.39, 0.29) is 5.91 Å². The number of halogens is 1. The highest BCUT2D eigenvalue weighted by Gasteiger charge is 2.02. The third-order valence-corrected chi connectivity index (χ3v) is 4.38. The lowest BCUT2D eigenvalue weighted by Gasteiger charge is -2.07. The summed E-state index contributed by atoms with van der Waals surface area (Å²) in [7, 11) is 0. The molecular formula is C17H18BrNO2S. The number of benzene rings is 2. The van der Waals surface area contributed by atoms with Crippen LogP contribution in [0.5, 0.6) is 5.75 Å². The molecule has 0 aliphatic rings. The Morgan fingerprint density at radius 1 is 1.09 bits per heavy atom. The normalized spacial score (nSPS) is 10.2. The summed E-state index contributed by atoms with van der Waals surface area (Å²) in [6.45, 7) is 1.000. The third-order valence-electron chi connectivity index (χ3n) is 2.85. The van der Waals surface area contributed by atoms with Crippen LogP contribution in [0.2, 0.25) is 0 Å². The number of carbonyl (C=O) groups is 1. The van der Waals surface area contributed by atoms with E-state index in [1.54, 1.807) is 11.8 Å². The Kier molecular flexibility index (Phi) is 7.33. The van der Waals surface area contributed by atoms with Crippen molar-refractivity contribution in [1.82, 2.24) is 5.32 Å². The Hall–Kier alpha value is -1.46. The molecule has 0 spiro atoms. The van der Waals surface area contributed by atoms with Crippen molar-refractivity contribution < 1.29 is 9.53 Å². The fourth-order valence-electron chi connectivity index (χ4n) is 1.77. The molecule has 0 bridgehead atoms. The van der Waals surface area contributed by atoms with Gasteiger partial charge in [0.2, 0.25) is 5.91 Å². The monoisotopic (exact) mass is 379 g/mol. The lowest BCUT2D eigenvalue weighted by molar-refractivity contribution is -0.118. The molecule has 2 aromatic rings. The number of hydrogen-bond acceptors (Lipinski definition) is 3. The summed E-state index contributed by atoms with van der Waals surface area (Å²) in [5, 5.41) is 2.86. The first-order valence-electron chi connectivity index (χ1n) is 7.01. The molecule has 0 saturated carbocycles. The van der Waals surface area contributed by atoms with E-state index >= 15 is 0 Å². The highest BCUT2D eigenvalue weighted by Crippen LogP contribution is 2.15. The number of amides is 1. The van der Waals surface area contributed by atoms with Crippen LogP contribution in [0, 0.1) is 0 Å². The molecule has 0 atom stereocenters. The van der Waals surface area contributed by atoms with Gasteiger partial charge in [-0.25, -0.2) is 0 Å². The predicted molar refractivity (Wildman–Crippen MR) is 95.3 cm³/mol. The van der Waals surface area contributed by atoms with Crippen molar-refractivity contribution >= 4 is 33.6 Å². The second-order valence-electron chi connectivity index (χ2n) is 4.63. The van der Waals surface area contributed by atoms with E-state index in [0.29, 0.717) is 18.9 Å². The first-order valence-corrected chi connectivity index (χ1v) is 8.95. The van der Waals surface area contributed by atoms with Crippen LogP contribution in [0.4, 0.5) is 0 Å². The Bertz CT molecular complexity index is 575. The SMILES string of the molecule is O=C(CSCc1ccc(Br)cc1)NCCOc1ccccc1. The first-order chi connectivity index (χ1) is 10.7. The fourth-order valence-corrected chi connectivity index (χ4v) is 2.85. The quantitative estimate of drug-likeness (QED) is 0.707. The van der Waals surface area contributed by atoms with Crippen LogP contribution in [-0.4, -0.2) is 24.8 Å². The number of para-hydroxylation sites is 1. The first kappa shape index (κ1) is 16.9. The number of carbonyl (C=O) groups excluding carboxylic acids is 1. The average molecular weight is 380 g/mol. The van der Waals surface area contributed by atoms with Gasteiger partial charge < -0.3 is 10.1 Å². The van der Waals surface area contributed by atoms with Gasteiger partial charge in [0, 0.05) is 10.2 Å². The van der Waals surface area contributed by atoms with Gasteiger partial charge in [0.1, 0.15) is 12.4 Å². The van der Waals surface area contributed by atoms with Gasteiger partial charge in [0.15, 0.2) is 0 Å². The summed E-state index contributed by atoms with van der Waals surface area (Å²) in [5.74, 6) is 2.16. The standard InChI is InChI=1S/C17H18BrNO2S/c18-15-8-6-14(7-9-15)12-22-13-17(20)19-10-11-21-16-4-2-1-3-5-16/h1-9H,10-13H2,(H,19,20). The van der Waals surface area contributed by atoms with Crippen LogP contribution in [0.15, 0.2) is 59.1 Å². The molecule has 0 aliphatic carbocycles. The lowest BCUT2D eigenvalue weighted by Crippen LogP contribution is -2.29. The number of thioether (sulfide) groups is 1. The maximum Gasteiger partial charge on any atom is 0.230 e. The zero-order valence-electron chi connectivity index (χ0n) is 12.1. The van der Waals surface area contributed by atoms with Crippen LogP contribution in [0.25, 0.3) is 0 Å². The minimum Gasteiger partial charge on any atom is -0.492 e. The van der Waals surface area contributed by atoms with E-state index in [1.807, 2.05) is 42.5 Å². The number of nitrogens with one attached hydrogen (secondary N) is 1. The molecule has 1 N–H and O–H groups in total. The summed E-state index contributed by atoms with van der Waals surface area (Å²) in [6, 6.07) is 17.7. The Morgan fingerprint density at radius 3 is 2.55 bits per heavy atom. The molecule has 1 amide bonds. The fraction of sp³-hybridized carbons (Fsp3) is 0.235. The van der Waals surface area contributed by atoms with Gasteiger partial charge in [-0.05, 0) is 29.8 Å². The molecule has 2 aromatic carbocycles. The van der Waals surface area contributed by atoms with Crippen LogP contribution in [0.1, 0.15) is 5.56 Å². The van der Waals surface area contributed by atoms with Gasteiger partial charge in [0.25, 0.3) is 0 Å². The maximum absolute atomic E-state index is 11.7. The summed E-state index contributed by atoms with van der Waals surface area (Å²) in [4.78, 5) is 11.7. The van der Waals surface area contributed by atoms with Crippen LogP contribution < -0.4 is 10.1 Å². The number of hydrogen-bond donors (Lipinski definition) is 1. The van der Waals surface area contributed by atoms with Crippen molar-refractivity contribution in [2.24, 2.45) is 0 Å². The molecule has 0 fully saturated rings. The van der Waals surface area contributed by atoms with Crippen molar-refractivity contribution in [3.05, 3.63) is 64.6 Å². The molecule has 0 heterocycles. The van der Waals surface area contributed by atoms with Crippen LogP contribution >= 0.6 is 27.7 Å². The van der Waals surface area contributed by atoms with Crippen LogP contribution in [0.3, 0.4) is 0 Å². The molecule has 0 radical (unpaired) electrons. The molecule has 0 unspecified atom stereocenters. The number of ether oxygens (including phenoxy) is 1. The zero-order chi connectivity index (χ0) is 15.6. The summed E-state index contributed by atoms with van der Waals surface area (Å²) < 4.78 is 6.58. The molecule has 116 valence electrons. The van der Waals surface area contributed by atoms with E-state index in [2.05, 4.69) is 33.4 Å². The van der Waals surface area contributed by atoms with E-state index in [1.165, 1.54) is 5.56 Å². The maximum atomic E-state index is 11.7. The van der Waals surface area contributed by atoms with Crippen molar-refractivity contribution in [3.8, 4) is 5.75 Å². The molecule has 0 aromatic heterocycles. The topological polar surface area (TPSA) is 38.3 Å². The van der Waals surface area contributed by atoms with Crippen molar-refractivity contribution in [2.45, 2.75) is 5.75 Å². The summed E-state index contributed by atoms with van der Waals surface area (Å²) in [6.07, 6.45) is 0. The van der Waals surface area contributed by atoms with E-state index in [0.717, 1.165) is 16.0 Å². The Balaban J connectivity index is 1.55. The summed E-state index contributed by atoms with van der Waals surface area (Å²) >= 11 is 5.01. The second-order valence-corrected chi connectivity index (χ2v) is 6.53. The summed E-state index contributed by atoms with van der Waals surface area (Å²) in [5.41, 5.74) is 1.22. The van der Waals surface area contributed by atoms with E-state index in [9.17, 15) is 4.79 Å². The Morgan fingerprint density at radius 2 is 1.82 bits per heavy atom. The van der Waals surface area contributed by atoms with Crippen molar-refractivity contribution in [1.29, 1.82) is 0 Å². The minimum atomic E-state index is 0.0405. The third kappa shape index (κ3) is 6.54. The van der Waals surface area contributed by atoms with Gasteiger partial charge in [-0.1, -0.05) is 46.3 Å². The van der Waals surface area contributed by atoms with Gasteiger partial charge in [-0.15, -0.1) is 11.8 Å². The smallest absolute Gasteiger partial charge is 0.230 e. The highest BCUT2D eigenvalue weighted by molar-refractivity contribution is 9.10. The Labute approximate surface area is 143 Å². The lowest BCUT2D eigenvalue weighted by atomic mass is 10.2. The van der Waals surface area contributed by atoms with E-state index in [4.69, 9.17) is 4.74 Å². The molecule has 22 heavy (non-hydrogen) atoms. The number of rotatable bonds is 8. The molecular weight excluding hydrogens is 362 g/mol. The van der Waals surface area contributed by atoms with Gasteiger partial charge >= 0.3 is 0 Å². The molecule has 5 heteroatoms. The predicted octanol–water partition coefficient (Wildman–Crippen LogP) is 3.88. The van der Waals surface area contributed by atoms with Gasteiger partial charge in [-0.2, -0.15) is 0 Å².